The number of hydrogen-bond donors (Lipinski definition) is 2. The smallest absolute Gasteiger partial charge is 0.224 e. The number of aromatic nitrogens is 2. The number of para-hydroxylation sites is 1. The van der Waals surface area contributed by atoms with Crippen molar-refractivity contribution in [3.05, 3.63) is 60.3 Å². The van der Waals surface area contributed by atoms with Gasteiger partial charge < -0.3 is 24.8 Å². The first-order valence-corrected chi connectivity index (χ1v) is 8.41. The van der Waals surface area contributed by atoms with Gasteiger partial charge in [-0.2, -0.15) is 4.98 Å². The number of ether oxygens (including phenoxy) is 3. The van der Waals surface area contributed by atoms with E-state index in [9.17, 15) is 0 Å². The number of hydrogen-bond acceptors (Lipinski definition) is 7. The van der Waals surface area contributed by atoms with Crippen LogP contribution in [0.2, 0.25) is 0 Å². The van der Waals surface area contributed by atoms with Gasteiger partial charge in [0, 0.05) is 24.4 Å². The molecule has 0 amide bonds. The Hall–Kier alpha value is -3.48. The third kappa shape index (κ3) is 4.58. The maximum Gasteiger partial charge on any atom is 0.224 e. The fourth-order valence-corrected chi connectivity index (χ4v) is 2.59. The molecule has 0 aliphatic heterocycles. The quantitative estimate of drug-likeness (QED) is 0.627. The summed E-state index contributed by atoms with van der Waals surface area (Å²) in [5.74, 6) is 3.38. The van der Waals surface area contributed by atoms with Gasteiger partial charge in [-0.1, -0.05) is 18.2 Å². The van der Waals surface area contributed by atoms with Crippen LogP contribution < -0.4 is 24.8 Å². The average molecular weight is 366 g/mol. The second kappa shape index (κ2) is 8.75. The molecule has 2 N–H and O–H groups in total. The van der Waals surface area contributed by atoms with Crippen molar-refractivity contribution in [1.82, 2.24) is 9.97 Å². The van der Waals surface area contributed by atoms with Crippen LogP contribution in [0.4, 0.5) is 17.5 Å². The number of nitrogens with one attached hydrogen (secondary N) is 2. The lowest BCUT2D eigenvalue weighted by Crippen LogP contribution is -2.06. The van der Waals surface area contributed by atoms with E-state index in [1.165, 1.54) is 0 Å². The first kappa shape index (κ1) is 18.3. The van der Waals surface area contributed by atoms with Gasteiger partial charge in [0.15, 0.2) is 0 Å². The lowest BCUT2D eigenvalue weighted by Gasteiger charge is -2.13. The highest BCUT2D eigenvalue weighted by molar-refractivity contribution is 5.66. The van der Waals surface area contributed by atoms with E-state index in [4.69, 9.17) is 14.2 Å². The van der Waals surface area contributed by atoms with Crippen LogP contribution in [0.15, 0.2) is 54.7 Å². The van der Waals surface area contributed by atoms with Gasteiger partial charge in [0.25, 0.3) is 0 Å². The fraction of sp³-hybridized carbons (Fsp3) is 0.200. The Bertz CT molecular complexity index is 902. The largest absolute Gasteiger partial charge is 0.497 e. The van der Waals surface area contributed by atoms with Crippen LogP contribution in [0.25, 0.3) is 0 Å². The molecule has 0 fully saturated rings. The summed E-state index contributed by atoms with van der Waals surface area (Å²) in [5.41, 5.74) is 1.78. The molecule has 2 aromatic carbocycles. The van der Waals surface area contributed by atoms with Crippen LogP contribution in [0, 0.1) is 0 Å². The van der Waals surface area contributed by atoms with Crippen molar-refractivity contribution in [2.45, 2.75) is 6.54 Å². The Morgan fingerprint density at radius 2 is 1.70 bits per heavy atom. The molecule has 7 heteroatoms. The summed E-state index contributed by atoms with van der Waals surface area (Å²) in [6.07, 6.45) is 1.69. The second-order valence-corrected chi connectivity index (χ2v) is 5.62. The number of anilines is 3. The summed E-state index contributed by atoms with van der Waals surface area (Å²) in [7, 11) is 4.89. The Morgan fingerprint density at radius 1 is 0.889 bits per heavy atom. The van der Waals surface area contributed by atoms with E-state index in [2.05, 4.69) is 20.6 Å². The van der Waals surface area contributed by atoms with Crippen molar-refractivity contribution in [3.63, 3.8) is 0 Å². The molecule has 0 aliphatic carbocycles. The molecule has 1 heterocycles. The molecule has 0 saturated heterocycles. The predicted molar refractivity (Wildman–Crippen MR) is 105 cm³/mol. The van der Waals surface area contributed by atoms with E-state index in [1.54, 1.807) is 33.6 Å². The number of rotatable bonds is 8. The van der Waals surface area contributed by atoms with Gasteiger partial charge in [-0.25, -0.2) is 4.98 Å². The molecule has 0 radical (unpaired) electrons. The molecule has 0 unspecified atom stereocenters. The van der Waals surface area contributed by atoms with Gasteiger partial charge in [0.1, 0.15) is 23.1 Å². The minimum absolute atomic E-state index is 0.507. The molecular weight excluding hydrogens is 344 g/mol. The highest BCUT2D eigenvalue weighted by Gasteiger charge is 2.08. The van der Waals surface area contributed by atoms with Crippen molar-refractivity contribution in [2.24, 2.45) is 0 Å². The summed E-state index contributed by atoms with van der Waals surface area (Å²) in [6, 6.07) is 15.1. The molecule has 140 valence electrons. The highest BCUT2D eigenvalue weighted by atomic mass is 16.5. The average Bonchev–Trinajstić information content (AvgIpc) is 2.72. The predicted octanol–water partition coefficient (Wildman–Crippen LogP) is 3.86. The molecule has 3 aromatic rings. The molecule has 0 atom stereocenters. The van der Waals surface area contributed by atoms with Crippen molar-refractivity contribution in [2.75, 3.05) is 32.0 Å². The molecule has 27 heavy (non-hydrogen) atoms. The van der Waals surface area contributed by atoms with Crippen LogP contribution in [-0.4, -0.2) is 31.3 Å². The molecule has 0 spiro atoms. The van der Waals surface area contributed by atoms with E-state index >= 15 is 0 Å². The van der Waals surface area contributed by atoms with Crippen molar-refractivity contribution < 1.29 is 14.2 Å². The number of benzene rings is 2. The van der Waals surface area contributed by atoms with Crippen LogP contribution in [-0.2, 0) is 6.54 Å². The van der Waals surface area contributed by atoms with Crippen LogP contribution in [0.5, 0.6) is 17.2 Å². The maximum atomic E-state index is 5.39. The van der Waals surface area contributed by atoms with E-state index in [0.717, 1.165) is 22.7 Å². The van der Waals surface area contributed by atoms with E-state index in [-0.39, 0.29) is 0 Å². The molecule has 0 saturated carbocycles. The number of methoxy groups -OCH3 is 3. The van der Waals surface area contributed by atoms with Crippen molar-refractivity contribution in [3.8, 4) is 17.2 Å². The minimum Gasteiger partial charge on any atom is -0.497 e. The minimum atomic E-state index is 0.507. The molecule has 0 bridgehead atoms. The standard InChI is InChI=1S/C20H22N4O3/c1-25-15-8-9-18(27-3)16(12-15)23-19-10-11-21-20(24-19)22-13-14-6-4-5-7-17(14)26-2/h4-12H,13H2,1-3H3,(H2,21,22,23,24). The normalized spacial score (nSPS) is 10.2. The Labute approximate surface area is 158 Å². The zero-order chi connectivity index (χ0) is 19.1. The van der Waals surface area contributed by atoms with Crippen LogP contribution in [0.3, 0.4) is 0 Å². The molecule has 0 aliphatic rings. The third-order valence-electron chi connectivity index (χ3n) is 3.95. The molecular formula is C20H22N4O3. The summed E-state index contributed by atoms with van der Waals surface area (Å²) in [4.78, 5) is 8.77. The Balaban J connectivity index is 1.74. The lowest BCUT2D eigenvalue weighted by atomic mass is 10.2. The van der Waals surface area contributed by atoms with Gasteiger partial charge in [0.2, 0.25) is 5.95 Å². The molecule has 1 aromatic heterocycles. The Kier molecular flexibility index (Phi) is 5.94. The van der Waals surface area contributed by atoms with Gasteiger partial charge >= 0.3 is 0 Å². The van der Waals surface area contributed by atoms with Gasteiger partial charge in [0.05, 0.1) is 27.0 Å². The zero-order valence-electron chi connectivity index (χ0n) is 15.5. The highest BCUT2D eigenvalue weighted by Crippen LogP contribution is 2.31. The van der Waals surface area contributed by atoms with Gasteiger partial charge in [-0.05, 0) is 24.3 Å². The van der Waals surface area contributed by atoms with Crippen LogP contribution in [0.1, 0.15) is 5.56 Å². The second-order valence-electron chi connectivity index (χ2n) is 5.62. The summed E-state index contributed by atoms with van der Waals surface area (Å²) < 4.78 is 16.0. The monoisotopic (exact) mass is 366 g/mol. The van der Waals surface area contributed by atoms with E-state index < -0.39 is 0 Å². The summed E-state index contributed by atoms with van der Waals surface area (Å²) in [5, 5.41) is 6.45. The molecule has 3 rings (SSSR count). The zero-order valence-corrected chi connectivity index (χ0v) is 15.5. The Morgan fingerprint density at radius 3 is 2.48 bits per heavy atom. The van der Waals surface area contributed by atoms with Gasteiger partial charge in [-0.3, -0.25) is 0 Å². The van der Waals surface area contributed by atoms with Gasteiger partial charge in [-0.15, -0.1) is 0 Å². The third-order valence-corrected chi connectivity index (χ3v) is 3.95. The van der Waals surface area contributed by atoms with Crippen LogP contribution >= 0.6 is 0 Å². The van der Waals surface area contributed by atoms with E-state index in [0.29, 0.717) is 24.1 Å². The molecule has 7 nitrogen and oxygen atoms in total. The fourth-order valence-electron chi connectivity index (χ4n) is 2.59. The first-order valence-electron chi connectivity index (χ1n) is 8.41. The number of nitrogens with zero attached hydrogens (tertiary/aromatic N) is 2. The van der Waals surface area contributed by atoms with E-state index in [1.807, 2.05) is 42.5 Å². The topological polar surface area (TPSA) is 77.5 Å². The summed E-state index contributed by atoms with van der Waals surface area (Å²) >= 11 is 0. The summed E-state index contributed by atoms with van der Waals surface area (Å²) in [6.45, 7) is 0.552. The first-order chi connectivity index (χ1) is 13.2. The van der Waals surface area contributed by atoms with Crippen molar-refractivity contribution in [1.29, 1.82) is 0 Å². The lowest BCUT2D eigenvalue weighted by molar-refractivity contribution is 0.405. The maximum absolute atomic E-state index is 5.39. The SMILES string of the molecule is COc1ccc(OC)c(Nc2ccnc(NCc3ccccc3OC)n2)c1. The van der Waals surface area contributed by atoms with Crippen molar-refractivity contribution >= 4 is 17.5 Å².